The van der Waals surface area contributed by atoms with Crippen LogP contribution < -0.4 is 16.4 Å². The number of anilines is 1. The van der Waals surface area contributed by atoms with E-state index < -0.39 is 5.91 Å². The summed E-state index contributed by atoms with van der Waals surface area (Å²) in [5.74, 6) is -0.220. The van der Waals surface area contributed by atoms with E-state index in [4.69, 9.17) is 17.3 Å². The normalized spacial score (nSPS) is 20.0. The first-order valence-electron chi connectivity index (χ1n) is 8.39. The molecule has 2 aliphatic rings. The van der Waals surface area contributed by atoms with Crippen LogP contribution in [0, 0.1) is 5.92 Å². The van der Waals surface area contributed by atoms with Crippen LogP contribution in [0.1, 0.15) is 36.0 Å². The zero-order valence-corrected chi connectivity index (χ0v) is 14.5. The molecule has 8 heteroatoms. The van der Waals surface area contributed by atoms with Crippen molar-refractivity contribution in [3.05, 3.63) is 28.8 Å². The van der Waals surface area contributed by atoms with Crippen molar-refractivity contribution in [2.24, 2.45) is 11.7 Å². The Morgan fingerprint density at radius 1 is 1.20 bits per heavy atom. The van der Waals surface area contributed by atoms with E-state index in [0.29, 0.717) is 12.2 Å². The number of nitrogens with one attached hydrogen (secondary N) is 2. The van der Waals surface area contributed by atoms with Gasteiger partial charge in [-0.15, -0.1) is 0 Å². The standard InChI is InChI=1S/C17H21ClN4O3/c18-14-8-11(5-6-13(14)15(19)23)20-17(25)21-12-2-1-7-22(9-12)16(24)10-3-4-10/h5-6,8,10,12H,1-4,7,9H2,(H2,19,23)(H2,20,21,25)/t12-/m0/s1. The number of nitrogens with two attached hydrogens (primary N) is 1. The van der Waals surface area contributed by atoms with Crippen molar-refractivity contribution < 1.29 is 14.4 Å². The molecule has 0 bridgehead atoms. The molecule has 1 heterocycles. The molecule has 0 unspecified atom stereocenters. The topological polar surface area (TPSA) is 105 Å². The van der Waals surface area contributed by atoms with Crippen molar-refractivity contribution in [2.45, 2.75) is 31.7 Å². The van der Waals surface area contributed by atoms with E-state index in [1.54, 1.807) is 6.07 Å². The highest BCUT2D eigenvalue weighted by Crippen LogP contribution is 2.31. The molecule has 1 saturated carbocycles. The van der Waals surface area contributed by atoms with Gasteiger partial charge in [0.05, 0.1) is 10.6 Å². The van der Waals surface area contributed by atoms with Crippen LogP contribution in [0.15, 0.2) is 18.2 Å². The van der Waals surface area contributed by atoms with Gasteiger partial charge in [-0.3, -0.25) is 9.59 Å². The molecule has 1 aromatic rings. The van der Waals surface area contributed by atoms with Gasteiger partial charge < -0.3 is 21.3 Å². The van der Waals surface area contributed by atoms with Crippen LogP contribution in [-0.2, 0) is 4.79 Å². The predicted molar refractivity (Wildman–Crippen MR) is 94.5 cm³/mol. The average molecular weight is 365 g/mol. The third-order valence-electron chi connectivity index (χ3n) is 4.49. The van der Waals surface area contributed by atoms with Gasteiger partial charge in [0.15, 0.2) is 0 Å². The van der Waals surface area contributed by atoms with Gasteiger partial charge in [0, 0.05) is 30.7 Å². The highest BCUT2D eigenvalue weighted by atomic mass is 35.5. The van der Waals surface area contributed by atoms with Crippen LogP contribution in [0.25, 0.3) is 0 Å². The van der Waals surface area contributed by atoms with E-state index >= 15 is 0 Å². The molecule has 1 aromatic carbocycles. The number of rotatable bonds is 4. The van der Waals surface area contributed by atoms with Crippen molar-refractivity contribution in [1.29, 1.82) is 0 Å². The number of hydrogen-bond donors (Lipinski definition) is 3. The number of urea groups is 1. The Morgan fingerprint density at radius 2 is 1.96 bits per heavy atom. The first-order valence-corrected chi connectivity index (χ1v) is 8.77. The van der Waals surface area contributed by atoms with E-state index in [2.05, 4.69) is 10.6 Å². The number of halogens is 1. The second-order valence-electron chi connectivity index (χ2n) is 6.56. The van der Waals surface area contributed by atoms with Crippen LogP contribution >= 0.6 is 11.6 Å². The summed E-state index contributed by atoms with van der Waals surface area (Å²) in [5, 5.41) is 5.76. The molecule has 4 amide bonds. The number of benzene rings is 1. The molecule has 3 rings (SSSR count). The van der Waals surface area contributed by atoms with Gasteiger partial charge in [-0.25, -0.2) is 4.79 Å². The van der Waals surface area contributed by atoms with Gasteiger partial charge in [0.2, 0.25) is 11.8 Å². The summed E-state index contributed by atoms with van der Waals surface area (Å²) < 4.78 is 0. The minimum absolute atomic E-state index is 0.0724. The number of primary amides is 1. The molecule has 1 saturated heterocycles. The number of piperidine rings is 1. The largest absolute Gasteiger partial charge is 0.366 e. The number of amides is 4. The van der Waals surface area contributed by atoms with Gasteiger partial charge in [-0.2, -0.15) is 0 Å². The smallest absolute Gasteiger partial charge is 0.319 e. The number of hydrogen-bond acceptors (Lipinski definition) is 3. The van der Waals surface area contributed by atoms with E-state index in [-0.39, 0.29) is 34.5 Å². The molecule has 134 valence electrons. The Kier molecular flexibility index (Phi) is 5.13. The maximum atomic E-state index is 12.2. The van der Waals surface area contributed by atoms with Crippen LogP contribution in [0.5, 0.6) is 0 Å². The summed E-state index contributed by atoms with van der Waals surface area (Å²) in [6.45, 7) is 1.31. The minimum atomic E-state index is -0.622. The summed E-state index contributed by atoms with van der Waals surface area (Å²) >= 11 is 5.97. The van der Waals surface area contributed by atoms with Gasteiger partial charge >= 0.3 is 6.03 Å². The lowest BCUT2D eigenvalue weighted by molar-refractivity contribution is -0.133. The molecule has 7 nitrogen and oxygen atoms in total. The molecule has 4 N–H and O–H groups in total. The minimum Gasteiger partial charge on any atom is -0.366 e. The highest BCUT2D eigenvalue weighted by Gasteiger charge is 2.35. The summed E-state index contributed by atoms with van der Waals surface area (Å²) in [6, 6.07) is 4.07. The molecular formula is C17H21ClN4O3. The fourth-order valence-corrected chi connectivity index (χ4v) is 3.30. The van der Waals surface area contributed by atoms with Crippen LogP contribution in [-0.4, -0.2) is 41.9 Å². The average Bonchev–Trinajstić information content (AvgIpc) is 3.39. The molecule has 0 spiro atoms. The molecule has 25 heavy (non-hydrogen) atoms. The Labute approximate surface area is 150 Å². The maximum absolute atomic E-state index is 12.2. The molecule has 1 atom stereocenters. The lowest BCUT2D eigenvalue weighted by Gasteiger charge is -2.33. The number of carbonyl (C=O) groups is 3. The van der Waals surface area contributed by atoms with Crippen molar-refractivity contribution in [1.82, 2.24) is 10.2 Å². The van der Waals surface area contributed by atoms with E-state index in [1.165, 1.54) is 12.1 Å². The molecule has 1 aliphatic heterocycles. The second kappa shape index (κ2) is 7.31. The Morgan fingerprint density at radius 3 is 2.60 bits per heavy atom. The van der Waals surface area contributed by atoms with Crippen molar-refractivity contribution >= 4 is 35.1 Å². The fraction of sp³-hybridized carbons (Fsp3) is 0.471. The summed E-state index contributed by atoms with van der Waals surface area (Å²) in [5.41, 5.74) is 5.87. The zero-order chi connectivity index (χ0) is 18.0. The van der Waals surface area contributed by atoms with Gasteiger partial charge in [-0.05, 0) is 43.9 Å². The first-order chi connectivity index (χ1) is 11.9. The monoisotopic (exact) mass is 364 g/mol. The first kappa shape index (κ1) is 17.5. The van der Waals surface area contributed by atoms with Crippen LogP contribution in [0.2, 0.25) is 5.02 Å². The van der Waals surface area contributed by atoms with Crippen molar-refractivity contribution in [3.8, 4) is 0 Å². The number of carbonyl (C=O) groups excluding carboxylic acids is 3. The zero-order valence-electron chi connectivity index (χ0n) is 13.8. The summed E-state index contributed by atoms with van der Waals surface area (Å²) in [6.07, 6.45) is 3.68. The van der Waals surface area contributed by atoms with Gasteiger partial charge in [-0.1, -0.05) is 11.6 Å². The molecule has 2 fully saturated rings. The lowest BCUT2D eigenvalue weighted by atomic mass is 10.1. The van der Waals surface area contributed by atoms with Crippen molar-refractivity contribution in [2.75, 3.05) is 18.4 Å². The third-order valence-corrected chi connectivity index (χ3v) is 4.80. The quantitative estimate of drug-likeness (QED) is 0.760. The van der Waals surface area contributed by atoms with Crippen molar-refractivity contribution in [3.63, 3.8) is 0 Å². The highest BCUT2D eigenvalue weighted by molar-refractivity contribution is 6.34. The molecular weight excluding hydrogens is 344 g/mol. The lowest BCUT2D eigenvalue weighted by Crippen LogP contribution is -2.50. The second-order valence-corrected chi connectivity index (χ2v) is 6.96. The molecule has 0 aromatic heterocycles. The third kappa shape index (κ3) is 4.42. The van der Waals surface area contributed by atoms with E-state index in [1.807, 2.05) is 4.90 Å². The molecule has 0 radical (unpaired) electrons. The maximum Gasteiger partial charge on any atom is 0.319 e. The van der Waals surface area contributed by atoms with Gasteiger partial charge in [0.1, 0.15) is 0 Å². The summed E-state index contributed by atoms with van der Waals surface area (Å²) in [7, 11) is 0. The Balaban J connectivity index is 1.54. The Hall–Kier alpha value is -2.28. The SMILES string of the molecule is NC(=O)c1ccc(NC(=O)N[C@H]2CCCN(C(=O)C3CC3)C2)cc1Cl. The van der Waals surface area contributed by atoms with E-state index in [9.17, 15) is 14.4 Å². The predicted octanol–water partition coefficient (Wildman–Crippen LogP) is 1.96. The number of likely N-dealkylation sites (tertiary alicyclic amines) is 1. The van der Waals surface area contributed by atoms with Crippen LogP contribution in [0.3, 0.4) is 0 Å². The van der Waals surface area contributed by atoms with Gasteiger partial charge in [0.25, 0.3) is 0 Å². The Bertz CT molecular complexity index is 705. The van der Waals surface area contributed by atoms with Crippen LogP contribution in [0.4, 0.5) is 10.5 Å². The number of nitrogens with zero attached hydrogens (tertiary/aromatic N) is 1. The molecule has 1 aliphatic carbocycles. The van der Waals surface area contributed by atoms with E-state index in [0.717, 1.165) is 32.2 Å². The summed E-state index contributed by atoms with van der Waals surface area (Å²) in [4.78, 5) is 37.3. The fourth-order valence-electron chi connectivity index (χ4n) is 3.03.